The molecule has 14 heavy (non-hydrogen) atoms. The molecular formula is C11H11FN2. The summed E-state index contributed by atoms with van der Waals surface area (Å²) in [4.78, 5) is 7.70. The van der Waals surface area contributed by atoms with E-state index in [1.165, 1.54) is 6.07 Å². The minimum absolute atomic E-state index is 0.504. The molecule has 0 spiro atoms. The van der Waals surface area contributed by atoms with E-state index in [0.717, 1.165) is 0 Å². The monoisotopic (exact) mass is 190 g/mol. The molecule has 1 aromatic rings. The van der Waals surface area contributed by atoms with Crippen LogP contribution in [-0.2, 0) is 0 Å². The predicted octanol–water partition coefficient (Wildman–Crippen LogP) is 2.38. The third kappa shape index (κ3) is 2.62. The molecule has 1 rings (SSSR count). The highest BCUT2D eigenvalue weighted by Gasteiger charge is 2.00. The Kier molecular flexibility index (Phi) is 3.73. The summed E-state index contributed by atoms with van der Waals surface area (Å²) in [6.07, 6.45) is 5.09. The van der Waals surface area contributed by atoms with Gasteiger partial charge in [0.05, 0.1) is 11.4 Å². The maximum absolute atomic E-state index is 12.8. The number of allylic oxidation sites excluding steroid dienone is 3. The Bertz CT molecular complexity index is 381. The van der Waals surface area contributed by atoms with Crippen molar-refractivity contribution in [3.8, 4) is 0 Å². The molecule has 0 amide bonds. The second-order valence-corrected chi connectivity index (χ2v) is 2.55. The van der Waals surface area contributed by atoms with Crippen LogP contribution >= 0.6 is 0 Å². The molecule has 0 aromatic carbocycles. The van der Waals surface area contributed by atoms with Crippen LogP contribution in [0.3, 0.4) is 0 Å². The van der Waals surface area contributed by atoms with Crippen LogP contribution in [0.15, 0.2) is 48.0 Å². The van der Waals surface area contributed by atoms with E-state index in [1.807, 2.05) is 0 Å². The summed E-state index contributed by atoms with van der Waals surface area (Å²) in [6.45, 7) is 3.54. The van der Waals surface area contributed by atoms with Crippen molar-refractivity contribution in [2.24, 2.45) is 4.99 Å². The van der Waals surface area contributed by atoms with Crippen LogP contribution in [0, 0.1) is 5.95 Å². The Morgan fingerprint density at radius 1 is 1.57 bits per heavy atom. The van der Waals surface area contributed by atoms with Gasteiger partial charge in [-0.25, -0.2) is 4.98 Å². The first kappa shape index (κ1) is 10.3. The Morgan fingerprint density at radius 3 is 2.93 bits per heavy atom. The molecule has 0 atom stereocenters. The van der Waals surface area contributed by atoms with Gasteiger partial charge in [0.2, 0.25) is 5.95 Å². The maximum Gasteiger partial charge on any atom is 0.213 e. The Balaban J connectivity index is 3.02. The van der Waals surface area contributed by atoms with Crippen molar-refractivity contribution >= 4 is 5.71 Å². The van der Waals surface area contributed by atoms with Crippen LogP contribution in [0.4, 0.5) is 4.39 Å². The first-order chi connectivity index (χ1) is 6.77. The maximum atomic E-state index is 12.8. The molecule has 0 radical (unpaired) electrons. The highest BCUT2D eigenvalue weighted by atomic mass is 19.1. The molecule has 0 saturated carbocycles. The number of aromatic nitrogens is 1. The van der Waals surface area contributed by atoms with Gasteiger partial charge in [-0.15, -0.1) is 0 Å². The SMILES string of the molecule is C=C/C=C\C(=NC)c1cccc(F)n1. The summed E-state index contributed by atoms with van der Waals surface area (Å²) in [5.74, 6) is -0.504. The van der Waals surface area contributed by atoms with Crippen LogP contribution in [0.2, 0.25) is 0 Å². The minimum atomic E-state index is -0.504. The van der Waals surface area contributed by atoms with Crippen LogP contribution in [0.25, 0.3) is 0 Å². The largest absolute Gasteiger partial charge is 0.286 e. The molecule has 0 fully saturated rings. The fraction of sp³-hybridized carbons (Fsp3) is 0.0909. The smallest absolute Gasteiger partial charge is 0.213 e. The molecule has 3 heteroatoms. The molecule has 0 aliphatic carbocycles. The summed E-state index contributed by atoms with van der Waals surface area (Å²) in [5.41, 5.74) is 1.15. The highest BCUT2D eigenvalue weighted by Crippen LogP contribution is 2.01. The second-order valence-electron chi connectivity index (χ2n) is 2.55. The summed E-state index contributed by atoms with van der Waals surface area (Å²) in [7, 11) is 1.63. The van der Waals surface area contributed by atoms with Crippen molar-refractivity contribution < 1.29 is 4.39 Å². The zero-order valence-electron chi connectivity index (χ0n) is 7.94. The molecule has 0 unspecified atom stereocenters. The lowest BCUT2D eigenvalue weighted by Gasteiger charge is -1.98. The number of rotatable bonds is 3. The van der Waals surface area contributed by atoms with E-state index in [2.05, 4.69) is 16.6 Å². The third-order valence-electron chi connectivity index (χ3n) is 1.61. The standard InChI is InChI=1S/C11H11FN2/c1-3-4-6-9(13-2)10-7-5-8-11(12)14-10/h3-8H,1H2,2H3/b6-4-,13-9?. The number of nitrogens with zero attached hydrogens (tertiary/aromatic N) is 2. The Labute approximate surface area is 82.5 Å². The Morgan fingerprint density at radius 2 is 2.36 bits per heavy atom. The van der Waals surface area contributed by atoms with Gasteiger partial charge in [0.15, 0.2) is 0 Å². The lowest BCUT2D eigenvalue weighted by molar-refractivity contribution is 0.583. The average Bonchev–Trinajstić information content (AvgIpc) is 2.19. The van der Waals surface area contributed by atoms with E-state index in [1.54, 1.807) is 37.4 Å². The van der Waals surface area contributed by atoms with Gasteiger partial charge in [0, 0.05) is 7.05 Å². The van der Waals surface area contributed by atoms with Crippen molar-refractivity contribution in [1.29, 1.82) is 0 Å². The van der Waals surface area contributed by atoms with Gasteiger partial charge < -0.3 is 0 Å². The van der Waals surface area contributed by atoms with E-state index < -0.39 is 5.95 Å². The molecule has 72 valence electrons. The third-order valence-corrected chi connectivity index (χ3v) is 1.61. The van der Waals surface area contributed by atoms with Crippen molar-refractivity contribution in [3.63, 3.8) is 0 Å². The van der Waals surface area contributed by atoms with Crippen molar-refractivity contribution in [2.75, 3.05) is 7.05 Å². The first-order valence-corrected chi connectivity index (χ1v) is 4.16. The van der Waals surface area contributed by atoms with Gasteiger partial charge in [-0.05, 0) is 18.2 Å². The molecule has 1 heterocycles. The lowest BCUT2D eigenvalue weighted by Crippen LogP contribution is -2.01. The van der Waals surface area contributed by atoms with E-state index >= 15 is 0 Å². The molecule has 0 N–H and O–H groups in total. The molecule has 0 aliphatic heterocycles. The van der Waals surface area contributed by atoms with Crippen molar-refractivity contribution in [2.45, 2.75) is 0 Å². The van der Waals surface area contributed by atoms with Gasteiger partial charge in [0.1, 0.15) is 0 Å². The number of hydrogen-bond donors (Lipinski definition) is 0. The quantitative estimate of drug-likeness (QED) is 0.408. The van der Waals surface area contributed by atoms with E-state index in [0.29, 0.717) is 11.4 Å². The van der Waals surface area contributed by atoms with E-state index in [-0.39, 0.29) is 0 Å². The molecule has 1 aromatic heterocycles. The normalized spacial score (nSPS) is 12.0. The van der Waals surface area contributed by atoms with Crippen LogP contribution in [-0.4, -0.2) is 17.7 Å². The molecule has 0 saturated heterocycles. The minimum Gasteiger partial charge on any atom is -0.286 e. The summed E-state index contributed by atoms with van der Waals surface area (Å²) in [6, 6.07) is 4.61. The first-order valence-electron chi connectivity index (χ1n) is 4.16. The van der Waals surface area contributed by atoms with Gasteiger partial charge in [0.25, 0.3) is 0 Å². The van der Waals surface area contributed by atoms with Crippen LogP contribution < -0.4 is 0 Å². The van der Waals surface area contributed by atoms with Crippen LogP contribution in [0.1, 0.15) is 5.69 Å². The average molecular weight is 190 g/mol. The van der Waals surface area contributed by atoms with Gasteiger partial charge in [-0.3, -0.25) is 4.99 Å². The molecular weight excluding hydrogens is 179 g/mol. The van der Waals surface area contributed by atoms with E-state index in [4.69, 9.17) is 0 Å². The molecule has 0 aliphatic rings. The fourth-order valence-electron chi connectivity index (χ4n) is 0.985. The topological polar surface area (TPSA) is 25.2 Å². The predicted molar refractivity (Wildman–Crippen MR) is 56.0 cm³/mol. The summed E-state index contributed by atoms with van der Waals surface area (Å²) >= 11 is 0. The fourth-order valence-corrected chi connectivity index (χ4v) is 0.985. The molecule has 2 nitrogen and oxygen atoms in total. The van der Waals surface area contributed by atoms with Crippen molar-refractivity contribution in [1.82, 2.24) is 4.98 Å². The van der Waals surface area contributed by atoms with Gasteiger partial charge >= 0.3 is 0 Å². The number of halogens is 1. The van der Waals surface area contributed by atoms with Gasteiger partial charge in [-0.2, -0.15) is 4.39 Å². The van der Waals surface area contributed by atoms with Crippen LogP contribution in [0.5, 0.6) is 0 Å². The van der Waals surface area contributed by atoms with Crippen molar-refractivity contribution in [3.05, 3.63) is 54.6 Å². The summed E-state index contributed by atoms with van der Waals surface area (Å²) < 4.78 is 12.8. The van der Waals surface area contributed by atoms with E-state index in [9.17, 15) is 4.39 Å². The summed E-state index contributed by atoms with van der Waals surface area (Å²) in [5, 5.41) is 0. The molecule has 0 bridgehead atoms. The highest BCUT2D eigenvalue weighted by molar-refractivity contribution is 6.07. The second kappa shape index (κ2) is 5.07. The number of hydrogen-bond acceptors (Lipinski definition) is 2. The Hall–Kier alpha value is -1.77. The lowest BCUT2D eigenvalue weighted by atomic mass is 10.2. The number of aliphatic imine (C=N–C) groups is 1. The number of pyridine rings is 1. The van der Waals surface area contributed by atoms with Gasteiger partial charge in [-0.1, -0.05) is 24.8 Å². The zero-order valence-corrected chi connectivity index (χ0v) is 7.94. The zero-order chi connectivity index (χ0) is 10.4.